The van der Waals surface area contributed by atoms with E-state index in [-0.39, 0.29) is 139 Å². The number of phenolic OH excluding ortho intramolecular Hbond substituents is 1. The number of methoxy groups -OCH3 is 1. The molecule has 103 heavy (non-hydrogen) atoms. The van der Waals surface area contributed by atoms with Crippen LogP contribution in [0.2, 0.25) is 0 Å². The number of carboxylic acid groups (broad SMARTS) is 1. The molecule has 0 bridgehead atoms. The van der Waals surface area contributed by atoms with E-state index in [0.29, 0.717) is 17.7 Å². The predicted molar refractivity (Wildman–Crippen MR) is 385 cm³/mol. The van der Waals surface area contributed by atoms with Crippen molar-refractivity contribution in [2.75, 3.05) is 26.9 Å². The second kappa shape index (κ2) is 47.4. The van der Waals surface area contributed by atoms with Crippen LogP contribution in [0.1, 0.15) is 183 Å². The van der Waals surface area contributed by atoms with Gasteiger partial charge in [-0.2, -0.15) is 0 Å². The average molecular weight is 1440 g/mol. The van der Waals surface area contributed by atoms with Crippen LogP contribution in [0.5, 0.6) is 5.75 Å². The number of ketones is 3. The summed E-state index contributed by atoms with van der Waals surface area (Å²) in [5.74, 6) is -13.7. The van der Waals surface area contributed by atoms with Crippen LogP contribution in [-0.4, -0.2) is 156 Å². The Morgan fingerprint density at radius 3 is 1.20 bits per heavy atom. The van der Waals surface area contributed by atoms with Crippen LogP contribution in [0.15, 0.2) is 84.9 Å². The van der Waals surface area contributed by atoms with Gasteiger partial charge in [0.25, 0.3) is 0 Å². The fourth-order valence-corrected chi connectivity index (χ4v) is 11.4. The van der Waals surface area contributed by atoms with Crippen molar-refractivity contribution in [2.24, 2.45) is 41.4 Å². The second-order valence-electron chi connectivity index (χ2n) is 28.5. The summed E-state index contributed by atoms with van der Waals surface area (Å²) >= 11 is 0. The molecule has 0 fully saturated rings. The third kappa shape index (κ3) is 36.7. The van der Waals surface area contributed by atoms with Gasteiger partial charge in [0, 0.05) is 58.7 Å². The summed E-state index contributed by atoms with van der Waals surface area (Å²) < 4.78 is 21.6. The van der Waals surface area contributed by atoms with Crippen LogP contribution in [0.4, 0.5) is 0 Å². The number of esters is 2. The average Bonchev–Trinajstić information content (AvgIpc) is 0.881. The van der Waals surface area contributed by atoms with E-state index in [2.05, 4.69) is 37.2 Å². The number of carbonyl (C=O) groups is 13. The third-order valence-electron chi connectivity index (χ3n) is 16.6. The Morgan fingerprint density at radius 1 is 0.388 bits per heavy atom. The molecule has 9 atom stereocenters. The number of aliphatic carboxylic acids is 1. The lowest BCUT2D eigenvalue weighted by Crippen LogP contribution is -2.59. The first-order chi connectivity index (χ1) is 48.7. The molecule has 0 aliphatic heterocycles. The number of carboxylic acids is 1. The summed E-state index contributed by atoms with van der Waals surface area (Å²) in [6.45, 7) is 20.0. The molecule has 0 saturated carbocycles. The third-order valence-corrected chi connectivity index (χ3v) is 16.6. The first-order valence-electron chi connectivity index (χ1n) is 35.9. The molecule has 3 rings (SSSR count). The van der Waals surface area contributed by atoms with Crippen LogP contribution in [-0.2, 0) is 101 Å². The Balaban J connectivity index is 1.93. The first kappa shape index (κ1) is 88.3. The largest absolute Gasteiger partial charge is 0.508 e. The summed E-state index contributed by atoms with van der Waals surface area (Å²) in [7, 11) is 1.53. The molecule has 0 unspecified atom stereocenters. The molecule has 0 aromatic heterocycles. The molecule has 0 spiro atoms. The highest BCUT2D eigenvalue weighted by molar-refractivity contribution is 5.99. The van der Waals surface area contributed by atoms with Gasteiger partial charge >= 0.3 is 17.9 Å². The molecular formula is C77H113N7O19. The van der Waals surface area contributed by atoms with E-state index in [1.165, 1.54) is 26.2 Å². The number of Topliss-reactive ketones (excluding diaryl/α,β-unsaturated/α-hetero) is 3. The van der Waals surface area contributed by atoms with E-state index in [1.54, 1.807) is 88.4 Å². The standard InChI is InChI=1S/C77H113N7O19/c1-47(2)36-60(67(88)42-56(27-31-70(92)102-45-54-20-15-13-16-21-54)72(94)79-59(66(87)24-19-33-101-35-34-100-12)30-32-71(93)103-46-55-22-17-14-18-23-55)80-74(96)63(38-49(5)6)82-76(98)65(40-51(9)10)84-77(99)64(39-50(7)8)83-75(97)62(37-48(3)4)81-73(95)57(44-69(90)91)43-68(89)61(78-52(11)85)41-53-25-28-58(86)29-26-53/h13-18,20-23,25-26,28-29,47-51,56-57,59-65,86H,19,24,27,30-46H2,1-12H3,(H,78,85)(H,79,94)(H,80,96)(H,81,95)(H,82,98)(H,83,97)(H,84,99)(H,90,91)/t56-,57+,59-,60-,61+,62-,63-,64-,65-/m1/s1. The van der Waals surface area contributed by atoms with Gasteiger partial charge in [0.2, 0.25) is 41.4 Å². The molecule has 26 nitrogen and oxygen atoms in total. The topological polar surface area (TPSA) is 383 Å². The molecule has 570 valence electrons. The number of aromatic hydroxyl groups is 1. The molecular weight excluding hydrogens is 1330 g/mol. The Bertz CT molecular complexity index is 3200. The van der Waals surface area contributed by atoms with Crippen molar-refractivity contribution in [2.45, 2.75) is 228 Å². The maximum absolute atomic E-state index is 14.9. The number of benzene rings is 3. The van der Waals surface area contributed by atoms with Crippen molar-refractivity contribution < 1.29 is 91.5 Å². The summed E-state index contributed by atoms with van der Waals surface area (Å²) in [4.78, 5) is 181. The van der Waals surface area contributed by atoms with Gasteiger partial charge in [0.05, 0.1) is 43.7 Å². The predicted octanol–water partition coefficient (Wildman–Crippen LogP) is 7.26. The van der Waals surface area contributed by atoms with Crippen LogP contribution < -0.4 is 37.2 Å². The van der Waals surface area contributed by atoms with Crippen LogP contribution in [0.25, 0.3) is 0 Å². The molecule has 0 aliphatic carbocycles. The number of ether oxygens (including phenoxy) is 4. The number of hydrogen-bond acceptors (Lipinski definition) is 18. The van der Waals surface area contributed by atoms with Crippen LogP contribution in [0, 0.1) is 41.4 Å². The van der Waals surface area contributed by atoms with Crippen molar-refractivity contribution in [3.05, 3.63) is 102 Å². The fraction of sp³-hybridized carbons (Fsp3) is 0.597. The highest BCUT2D eigenvalue weighted by atomic mass is 16.5. The van der Waals surface area contributed by atoms with E-state index in [4.69, 9.17) is 18.9 Å². The number of phenols is 1. The monoisotopic (exact) mass is 1440 g/mol. The van der Waals surface area contributed by atoms with Gasteiger partial charge in [0.15, 0.2) is 17.3 Å². The van der Waals surface area contributed by atoms with Crippen molar-refractivity contribution in [1.82, 2.24) is 37.2 Å². The van der Waals surface area contributed by atoms with E-state index in [1.807, 2.05) is 53.7 Å². The lowest BCUT2D eigenvalue weighted by molar-refractivity contribution is -0.147. The highest BCUT2D eigenvalue weighted by Gasteiger charge is 2.38. The Hall–Kier alpha value is -8.91. The highest BCUT2D eigenvalue weighted by Crippen LogP contribution is 2.22. The quantitative estimate of drug-likeness (QED) is 0.0198. The zero-order valence-corrected chi connectivity index (χ0v) is 62.1. The summed E-state index contributed by atoms with van der Waals surface area (Å²) in [5, 5.41) is 38.9. The number of nitrogens with one attached hydrogen (secondary N) is 7. The van der Waals surface area contributed by atoms with Crippen molar-refractivity contribution >= 4 is 76.6 Å². The molecule has 3 aromatic rings. The normalized spacial score (nSPS) is 14.0. The number of rotatable bonds is 51. The molecule has 0 heterocycles. The molecule has 0 aliphatic rings. The van der Waals surface area contributed by atoms with Crippen LogP contribution >= 0.6 is 0 Å². The van der Waals surface area contributed by atoms with Crippen molar-refractivity contribution in [1.29, 1.82) is 0 Å². The lowest BCUT2D eigenvalue weighted by Gasteiger charge is -2.29. The minimum Gasteiger partial charge on any atom is -0.508 e. The number of carbonyl (C=O) groups excluding carboxylic acids is 12. The molecule has 7 amide bonds. The summed E-state index contributed by atoms with van der Waals surface area (Å²) in [6, 6.07) is 14.9. The van der Waals surface area contributed by atoms with E-state index < -0.39 is 150 Å². The van der Waals surface area contributed by atoms with Gasteiger partial charge in [-0.1, -0.05) is 142 Å². The van der Waals surface area contributed by atoms with E-state index >= 15 is 0 Å². The molecule has 3 aromatic carbocycles. The zero-order valence-electron chi connectivity index (χ0n) is 62.1. The van der Waals surface area contributed by atoms with Crippen molar-refractivity contribution in [3.8, 4) is 5.75 Å². The molecule has 0 radical (unpaired) electrons. The Kier molecular flexibility index (Phi) is 40.6. The number of hydrogen-bond donors (Lipinski definition) is 9. The summed E-state index contributed by atoms with van der Waals surface area (Å²) in [6.07, 6.45) is -2.51. The minimum absolute atomic E-state index is 0.00710. The van der Waals surface area contributed by atoms with Crippen LogP contribution in [0.3, 0.4) is 0 Å². The minimum atomic E-state index is -1.50. The lowest BCUT2D eigenvalue weighted by atomic mass is 9.89. The van der Waals surface area contributed by atoms with Gasteiger partial charge in [-0.15, -0.1) is 0 Å². The maximum atomic E-state index is 14.9. The van der Waals surface area contributed by atoms with Gasteiger partial charge in [0.1, 0.15) is 43.1 Å². The smallest absolute Gasteiger partial charge is 0.306 e. The van der Waals surface area contributed by atoms with Gasteiger partial charge in [-0.05, 0) is 116 Å². The van der Waals surface area contributed by atoms with E-state index in [9.17, 15) is 72.5 Å². The van der Waals surface area contributed by atoms with Gasteiger partial charge in [-0.3, -0.25) is 62.3 Å². The SMILES string of the molecule is COCCOCCCC(=O)[C@@H](CCC(=O)OCc1ccccc1)NC(=O)[C@H](CCC(=O)OCc1ccccc1)CC(=O)[C@@H](CC(C)C)NC(=O)[C@@H](CC(C)C)NC(=O)[C@@H](CC(C)C)NC(=O)[C@@H](CC(C)C)NC(=O)[C@@H](CC(C)C)NC(=O)[C@H](CC(=O)O)CC(=O)[C@H](Cc1ccc(O)cc1)NC(C)=O. The van der Waals surface area contributed by atoms with E-state index in [0.717, 1.165) is 5.56 Å². The zero-order chi connectivity index (χ0) is 76.7. The maximum Gasteiger partial charge on any atom is 0.306 e. The summed E-state index contributed by atoms with van der Waals surface area (Å²) in [5.41, 5.74) is 2.01. The fourth-order valence-electron chi connectivity index (χ4n) is 11.4. The van der Waals surface area contributed by atoms with Gasteiger partial charge in [-0.25, -0.2) is 0 Å². The first-order valence-corrected chi connectivity index (χ1v) is 35.9. The Morgan fingerprint density at radius 2 is 0.777 bits per heavy atom. The Labute approximate surface area is 606 Å². The van der Waals surface area contributed by atoms with Crippen molar-refractivity contribution in [3.63, 3.8) is 0 Å². The number of amides is 7. The molecule has 9 N–H and O–H groups in total. The molecule has 26 heteroatoms. The van der Waals surface area contributed by atoms with Gasteiger partial charge < -0.3 is 66.4 Å². The molecule has 0 saturated heterocycles. The second-order valence-corrected chi connectivity index (χ2v) is 28.5.